The molecule has 1 aromatic heterocycles. The minimum absolute atomic E-state index is 0.0521. The fraction of sp³-hybridized carbons (Fsp3) is 0.0833. The first-order chi connectivity index (χ1) is 9.46. The van der Waals surface area contributed by atoms with Crippen molar-refractivity contribution in [1.82, 2.24) is 0 Å². The molecule has 1 aromatic carbocycles. The summed E-state index contributed by atoms with van der Waals surface area (Å²) in [6, 6.07) is 9.39. The molecule has 0 bridgehead atoms. The highest BCUT2D eigenvalue weighted by molar-refractivity contribution is 7.94. The van der Waals surface area contributed by atoms with Gasteiger partial charge in [-0.15, -0.1) is 11.3 Å². The highest BCUT2D eigenvalue weighted by Crippen LogP contribution is 2.28. The van der Waals surface area contributed by atoms with E-state index < -0.39 is 10.0 Å². The lowest BCUT2D eigenvalue weighted by molar-refractivity contribution is 0.415. The van der Waals surface area contributed by atoms with Gasteiger partial charge in [0.1, 0.15) is 20.9 Å². The lowest BCUT2D eigenvalue weighted by atomic mass is 10.2. The third-order valence-corrected chi connectivity index (χ3v) is 5.31. The molecular formula is C12H11N3O3S2. The van der Waals surface area contributed by atoms with E-state index in [2.05, 4.69) is 4.72 Å². The molecule has 0 aliphatic carbocycles. The van der Waals surface area contributed by atoms with Crippen molar-refractivity contribution < 1.29 is 13.2 Å². The molecule has 0 fully saturated rings. The van der Waals surface area contributed by atoms with Crippen LogP contribution >= 0.6 is 11.3 Å². The Hall–Kier alpha value is -2.24. The second-order valence-electron chi connectivity index (χ2n) is 3.79. The van der Waals surface area contributed by atoms with E-state index in [-0.39, 0.29) is 15.6 Å². The number of anilines is 2. The maximum atomic E-state index is 12.2. The number of benzene rings is 1. The van der Waals surface area contributed by atoms with Crippen LogP contribution in [0.2, 0.25) is 0 Å². The maximum Gasteiger partial charge on any atom is 0.271 e. The van der Waals surface area contributed by atoms with E-state index in [1.807, 2.05) is 6.07 Å². The molecule has 0 atom stereocenters. The summed E-state index contributed by atoms with van der Waals surface area (Å²) in [4.78, 5) is 0.323. The Morgan fingerprint density at radius 1 is 1.35 bits per heavy atom. The summed E-state index contributed by atoms with van der Waals surface area (Å²) < 4.78 is 31.8. The van der Waals surface area contributed by atoms with Gasteiger partial charge in [0.25, 0.3) is 10.0 Å². The Kier molecular flexibility index (Phi) is 3.83. The van der Waals surface area contributed by atoms with Crippen molar-refractivity contribution in [2.75, 3.05) is 17.6 Å². The number of nitrogens with one attached hydrogen (secondary N) is 1. The predicted octanol–water partition coefficient (Wildman–Crippen LogP) is 2.01. The first-order valence-corrected chi connectivity index (χ1v) is 7.72. The summed E-state index contributed by atoms with van der Waals surface area (Å²) in [5.41, 5.74) is 6.25. The predicted molar refractivity (Wildman–Crippen MR) is 77.2 cm³/mol. The number of nitrogens with two attached hydrogens (primary N) is 1. The average molecular weight is 309 g/mol. The van der Waals surface area contributed by atoms with Gasteiger partial charge in [0.2, 0.25) is 0 Å². The normalized spacial score (nSPS) is 10.8. The van der Waals surface area contributed by atoms with E-state index in [1.165, 1.54) is 25.3 Å². The summed E-state index contributed by atoms with van der Waals surface area (Å²) >= 11 is 0.891. The largest absolute Gasteiger partial charge is 0.497 e. The number of nitriles is 1. The van der Waals surface area contributed by atoms with Crippen LogP contribution in [0.5, 0.6) is 5.75 Å². The van der Waals surface area contributed by atoms with E-state index in [4.69, 9.17) is 15.7 Å². The average Bonchev–Trinajstić information content (AvgIpc) is 2.91. The van der Waals surface area contributed by atoms with Gasteiger partial charge in [-0.2, -0.15) is 5.26 Å². The van der Waals surface area contributed by atoms with E-state index in [1.54, 1.807) is 12.1 Å². The number of sulfonamides is 1. The van der Waals surface area contributed by atoms with Gasteiger partial charge < -0.3 is 10.5 Å². The second-order valence-corrected chi connectivity index (χ2v) is 6.78. The summed E-state index contributed by atoms with van der Waals surface area (Å²) in [5.74, 6) is 0.487. The fourth-order valence-corrected chi connectivity index (χ4v) is 3.65. The summed E-state index contributed by atoms with van der Waals surface area (Å²) in [6.45, 7) is 0. The highest BCUT2D eigenvalue weighted by Gasteiger charge is 2.18. The number of nitrogen functional groups attached to an aromatic ring is 1. The molecule has 0 unspecified atom stereocenters. The fourth-order valence-electron chi connectivity index (χ4n) is 1.47. The lowest BCUT2D eigenvalue weighted by Gasteiger charge is -2.10. The third-order valence-electron chi connectivity index (χ3n) is 2.46. The third kappa shape index (κ3) is 2.84. The molecule has 104 valence electrons. The van der Waals surface area contributed by atoms with Gasteiger partial charge in [0, 0.05) is 6.07 Å². The molecule has 0 saturated heterocycles. The van der Waals surface area contributed by atoms with Crippen LogP contribution in [-0.4, -0.2) is 15.5 Å². The quantitative estimate of drug-likeness (QED) is 0.840. The molecule has 0 saturated carbocycles. The topological polar surface area (TPSA) is 105 Å². The molecule has 0 spiro atoms. The van der Waals surface area contributed by atoms with Crippen molar-refractivity contribution in [3.63, 3.8) is 0 Å². The van der Waals surface area contributed by atoms with E-state index in [9.17, 15) is 8.42 Å². The van der Waals surface area contributed by atoms with Crippen molar-refractivity contribution in [1.29, 1.82) is 5.26 Å². The van der Waals surface area contributed by atoms with Crippen LogP contribution in [0.25, 0.3) is 0 Å². The van der Waals surface area contributed by atoms with Gasteiger partial charge in [-0.1, -0.05) is 0 Å². The van der Waals surface area contributed by atoms with Gasteiger partial charge in [-0.3, -0.25) is 4.72 Å². The molecule has 6 nitrogen and oxygen atoms in total. The van der Waals surface area contributed by atoms with Crippen LogP contribution < -0.4 is 15.2 Å². The van der Waals surface area contributed by atoms with Crippen molar-refractivity contribution >= 4 is 32.7 Å². The second kappa shape index (κ2) is 5.40. The van der Waals surface area contributed by atoms with E-state index >= 15 is 0 Å². The first-order valence-electron chi connectivity index (χ1n) is 5.42. The number of hydrogen-bond acceptors (Lipinski definition) is 6. The molecule has 2 aromatic rings. The van der Waals surface area contributed by atoms with Gasteiger partial charge in [0.05, 0.1) is 18.5 Å². The Morgan fingerprint density at radius 2 is 2.10 bits per heavy atom. The zero-order chi connectivity index (χ0) is 14.8. The Morgan fingerprint density at radius 3 is 2.70 bits per heavy atom. The molecule has 0 amide bonds. The minimum atomic E-state index is -3.77. The molecule has 0 aliphatic heterocycles. The van der Waals surface area contributed by atoms with Crippen LogP contribution in [0, 0.1) is 11.3 Å². The first kappa shape index (κ1) is 14.2. The zero-order valence-corrected chi connectivity index (χ0v) is 12.1. The molecule has 0 radical (unpaired) electrons. The summed E-state index contributed by atoms with van der Waals surface area (Å²) in [7, 11) is -2.29. The van der Waals surface area contributed by atoms with Crippen LogP contribution in [0.15, 0.2) is 34.5 Å². The number of nitrogens with zero attached hydrogens (tertiary/aromatic N) is 1. The minimum Gasteiger partial charge on any atom is -0.497 e. The van der Waals surface area contributed by atoms with Crippen LogP contribution in [0.4, 0.5) is 11.4 Å². The summed E-state index contributed by atoms with van der Waals surface area (Å²) in [6.07, 6.45) is 0. The highest BCUT2D eigenvalue weighted by atomic mass is 32.2. The lowest BCUT2D eigenvalue weighted by Crippen LogP contribution is -2.12. The number of rotatable bonds is 4. The van der Waals surface area contributed by atoms with Gasteiger partial charge in [-0.05, 0) is 24.3 Å². The van der Waals surface area contributed by atoms with Gasteiger partial charge in [0.15, 0.2) is 0 Å². The molecule has 2 rings (SSSR count). The van der Waals surface area contributed by atoms with Crippen molar-refractivity contribution in [2.24, 2.45) is 0 Å². The van der Waals surface area contributed by atoms with Crippen LogP contribution in [-0.2, 0) is 10.0 Å². The number of thiophene rings is 1. The van der Waals surface area contributed by atoms with Crippen molar-refractivity contribution in [3.8, 4) is 11.8 Å². The number of methoxy groups -OCH3 is 1. The maximum absolute atomic E-state index is 12.2. The van der Waals surface area contributed by atoms with E-state index in [0.29, 0.717) is 10.6 Å². The van der Waals surface area contributed by atoms with Gasteiger partial charge >= 0.3 is 0 Å². The molecule has 3 N–H and O–H groups in total. The molecule has 20 heavy (non-hydrogen) atoms. The molecule has 1 heterocycles. The SMILES string of the molecule is COc1ccc(N)c(NS(=O)(=O)c2ccc(C#N)s2)c1. The smallest absolute Gasteiger partial charge is 0.271 e. The van der Waals surface area contributed by atoms with Crippen molar-refractivity contribution in [2.45, 2.75) is 4.21 Å². The van der Waals surface area contributed by atoms with E-state index in [0.717, 1.165) is 11.3 Å². The molecule has 0 aliphatic rings. The molecule has 8 heteroatoms. The molecular weight excluding hydrogens is 298 g/mol. The Bertz CT molecular complexity index is 775. The monoisotopic (exact) mass is 309 g/mol. The Labute approximate surface area is 120 Å². The standard InChI is InChI=1S/C12H11N3O3S2/c1-18-8-2-4-10(14)11(6-8)15-20(16,17)12-5-3-9(7-13)19-12/h2-6,15H,14H2,1H3. The number of hydrogen-bond donors (Lipinski definition) is 2. The van der Waals surface area contributed by atoms with Gasteiger partial charge in [-0.25, -0.2) is 8.42 Å². The van der Waals surface area contributed by atoms with Crippen LogP contribution in [0.3, 0.4) is 0 Å². The van der Waals surface area contributed by atoms with Crippen molar-refractivity contribution in [3.05, 3.63) is 35.2 Å². The number of ether oxygens (including phenoxy) is 1. The Balaban J connectivity index is 2.35. The summed E-state index contributed by atoms with van der Waals surface area (Å²) in [5, 5.41) is 8.73. The zero-order valence-electron chi connectivity index (χ0n) is 10.5. The van der Waals surface area contributed by atoms with Crippen LogP contribution in [0.1, 0.15) is 4.88 Å².